The largest absolute Gasteiger partial charge is 0.302 e. The summed E-state index contributed by atoms with van der Waals surface area (Å²) in [6, 6.07) is 7.95. The lowest BCUT2D eigenvalue weighted by atomic mass is 10.1. The van der Waals surface area contributed by atoms with E-state index in [1.165, 1.54) is 25.1 Å². The monoisotopic (exact) mass is 215 g/mol. The fraction of sp³-hybridized carbons (Fsp3) is 0.500. The van der Waals surface area contributed by atoms with Crippen LogP contribution in [0.2, 0.25) is 0 Å². The Kier molecular flexibility index (Phi) is 2.52. The summed E-state index contributed by atoms with van der Waals surface area (Å²) in [5.41, 5.74) is 2.08. The summed E-state index contributed by atoms with van der Waals surface area (Å²) in [4.78, 5) is 13.2. The van der Waals surface area contributed by atoms with Crippen molar-refractivity contribution in [2.24, 2.45) is 11.8 Å². The zero-order valence-corrected chi connectivity index (χ0v) is 9.43. The van der Waals surface area contributed by atoms with E-state index in [1.807, 2.05) is 18.2 Å². The molecule has 0 radical (unpaired) electrons. The highest BCUT2D eigenvalue weighted by atomic mass is 16.1. The zero-order valence-electron chi connectivity index (χ0n) is 9.43. The van der Waals surface area contributed by atoms with Crippen molar-refractivity contribution < 1.29 is 4.79 Å². The Morgan fingerprint density at radius 2 is 2.12 bits per heavy atom. The predicted octanol–water partition coefficient (Wildman–Crippen LogP) is 1.99. The second kappa shape index (κ2) is 4.02. The van der Waals surface area contributed by atoms with Crippen LogP contribution < -0.4 is 0 Å². The van der Waals surface area contributed by atoms with Crippen molar-refractivity contribution in [1.29, 1.82) is 0 Å². The summed E-state index contributed by atoms with van der Waals surface area (Å²) in [6.07, 6.45) is 3.47. The van der Waals surface area contributed by atoms with Crippen molar-refractivity contribution in [3.8, 4) is 0 Å². The third kappa shape index (κ3) is 2.03. The molecule has 0 N–H and O–H groups in total. The summed E-state index contributed by atoms with van der Waals surface area (Å²) in [5, 5.41) is 0. The zero-order chi connectivity index (χ0) is 11.0. The average Bonchev–Trinajstić information content (AvgIpc) is 2.94. The lowest BCUT2D eigenvalue weighted by Gasteiger charge is -2.17. The van der Waals surface area contributed by atoms with Gasteiger partial charge in [0.25, 0.3) is 0 Å². The Bertz CT molecular complexity index is 391. The van der Waals surface area contributed by atoms with Crippen molar-refractivity contribution in [1.82, 2.24) is 4.90 Å². The highest BCUT2D eigenvalue weighted by molar-refractivity contribution is 5.74. The molecule has 1 saturated heterocycles. The Balaban J connectivity index is 1.55. The second-order valence-electron chi connectivity index (χ2n) is 5.13. The van der Waals surface area contributed by atoms with Gasteiger partial charge in [-0.15, -0.1) is 0 Å². The minimum Gasteiger partial charge on any atom is -0.302 e. The van der Waals surface area contributed by atoms with E-state index in [2.05, 4.69) is 11.0 Å². The highest BCUT2D eigenvalue weighted by Gasteiger charge is 2.44. The molecule has 0 amide bonds. The molecule has 2 nitrogen and oxygen atoms in total. The molecule has 1 aromatic rings. The molecule has 2 atom stereocenters. The molecule has 1 aromatic carbocycles. The molecule has 2 unspecified atom stereocenters. The molecule has 84 valence electrons. The molecule has 0 spiro atoms. The summed E-state index contributed by atoms with van der Waals surface area (Å²) in [6.45, 7) is 3.76. The number of fused-ring (bicyclic) bond motifs is 1. The predicted molar refractivity (Wildman–Crippen MR) is 63.6 cm³/mol. The van der Waals surface area contributed by atoms with Gasteiger partial charge in [0.15, 0.2) is 0 Å². The van der Waals surface area contributed by atoms with Crippen LogP contribution in [0.4, 0.5) is 0 Å². The SMILES string of the molecule is O=Cc1cccc(CCN2CC3CC3C2)c1. The van der Waals surface area contributed by atoms with E-state index in [9.17, 15) is 4.79 Å². The first-order valence-electron chi connectivity index (χ1n) is 6.11. The first-order valence-corrected chi connectivity index (χ1v) is 6.11. The van der Waals surface area contributed by atoms with E-state index in [0.29, 0.717) is 0 Å². The van der Waals surface area contributed by atoms with Gasteiger partial charge in [-0.1, -0.05) is 18.2 Å². The fourth-order valence-electron chi connectivity index (χ4n) is 2.79. The van der Waals surface area contributed by atoms with Crippen LogP contribution in [0.5, 0.6) is 0 Å². The lowest BCUT2D eigenvalue weighted by molar-refractivity contribution is 0.112. The number of likely N-dealkylation sites (tertiary alicyclic amines) is 1. The molecule has 1 aliphatic carbocycles. The molecule has 1 aliphatic heterocycles. The van der Waals surface area contributed by atoms with E-state index in [1.54, 1.807) is 0 Å². The minimum atomic E-state index is 0.793. The van der Waals surface area contributed by atoms with Crippen LogP contribution in [-0.2, 0) is 6.42 Å². The second-order valence-corrected chi connectivity index (χ2v) is 5.13. The maximum atomic E-state index is 10.7. The standard InChI is InChI=1S/C14H17NO/c16-10-12-3-1-2-11(6-12)4-5-15-8-13-7-14(13)9-15/h1-3,6,10,13-14H,4-5,7-9H2. The Morgan fingerprint density at radius 3 is 2.88 bits per heavy atom. The van der Waals surface area contributed by atoms with E-state index in [0.717, 1.165) is 36.7 Å². The van der Waals surface area contributed by atoms with Crippen LogP contribution in [-0.4, -0.2) is 30.8 Å². The number of nitrogens with zero attached hydrogens (tertiary/aromatic N) is 1. The third-order valence-corrected chi connectivity index (χ3v) is 3.86. The van der Waals surface area contributed by atoms with E-state index < -0.39 is 0 Å². The minimum absolute atomic E-state index is 0.793. The summed E-state index contributed by atoms with van der Waals surface area (Å²) < 4.78 is 0. The molecular weight excluding hydrogens is 198 g/mol. The maximum Gasteiger partial charge on any atom is 0.150 e. The van der Waals surface area contributed by atoms with E-state index in [-0.39, 0.29) is 0 Å². The van der Waals surface area contributed by atoms with E-state index in [4.69, 9.17) is 0 Å². The van der Waals surface area contributed by atoms with Crippen LogP contribution in [0.15, 0.2) is 24.3 Å². The van der Waals surface area contributed by atoms with E-state index >= 15 is 0 Å². The molecule has 0 aromatic heterocycles. The molecule has 0 bridgehead atoms. The molecule has 2 aliphatic rings. The number of piperidine rings is 1. The van der Waals surface area contributed by atoms with Gasteiger partial charge in [-0.2, -0.15) is 0 Å². The molecule has 1 saturated carbocycles. The topological polar surface area (TPSA) is 20.3 Å². The Morgan fingerprint density at radius 1 is 1.31 bits per heavy atom. The molecule has 1 heterocycles. The highest BCUT2D eigenvalue weighted by Crippen LogP contribution is 2.44. The smallest absolute Gasteiger partial charge is 0.150 e. The van der Waals surface area contributed by atoms with Gasteiger partial charge < -0.3 is 4.90 Å². The van der Waals surface area contributed by atoms with Gasteiger partial charge in [0, 0.05) is 25.2 Å². The molecule has 3 rings (SSSR count). The van der Waals surface area contributed by atoms with Crippen molar-refractivity contribution in [2.75, 3.05) is 19.6 Å². The summed E-state index contributed by atoms with van der Waals surface area (Å²) in [5.74, 6) is 2.03. The van der Waals surface area contributed by atoms with Crippen LogP contribution in [0.3, 0.4) is 0 Å². The lowest BCUT2D eigenvalue weighted by Crippen LogP contribution is -2.25. The molecular formula is C14H17NO. The number of rotatable bonds is 4. The van der Waals surface area contributed by atoms with Gasteiger partial charge in [-0.05, 0) is 36.3 Å². The number of hydrogen-bond donors (Lipinski definition) is 0. The van der Waals surface area contributed by atoms with Gasteiger partial charge in [0.05, 0.1) is 0 Å². The molecule has 2 fully saturated rings. The van der Waals surface area contributed by atoms with Crippen LogP contribution in [0.1, 0.15) is 22.3 Å². The number of carbonyl (C=O) groups excluding carboxylic acids is 1. The van der Waals surface area contributed by atoms with Crippen molar-refractivity contribution in [3.05, 3.63) is 35.4 Å². The maximum absolute atomic E-state index is 10.7. The van der Waals surface area contributed by atoms with Gasteiger partial charge in [-0.3, -0.25) is 4.79 Å². The molecule has 2 heteroatoms. The number of aldehydes is 1. The summed E-state index contributed by atoms with van der Waals surface area (Å²) >= 11 is 0. The third-order valence-electron chi connectivity index (χ3n) is 3.86. The van der Waals surface area contributed by atoms with Gasteiger partial charge in [0.2, 0.25) is 0 Å². The van der Waals surface area contributed by atoms with Crippen molar-refractivity contribution >= 4 is 6.29 Å². The van der Waals surface area contributed by atoms with Gasteiger partial charge >= 0.3 is 0 Å². The van der Waals surface area contributed by atoms with Crippen LogP contribution >= 0.6 is 0 Å². The number of benzene rings is 1. The van der Waals surface area contributed by atoms with Crippen LogP contribution in [0.25, 0.3) is 0 Å². The average molecular weight is 215 g/mol. The van der Waals surface area contributed by atoms with Crippen molar-refractivity contribution in [3.63, 3.8) is 0 Å². The Hall–Kier alpha value is -1.15. The van der Waals surface area contributed by atoms with Crippen molar-refractivity contribution in [2.45, 2.75) is 12.8 Å². The first-order chi connectivity index (χ1) is 7.85. The Labute approximate surface area is 96.3 Å². The van der Waals surface area contributed by atoms with Gasteiger partial charge in [-0.25, -0.2) is 0 Å². The molecule has 16 heavy (non-hydrogen) atoms. The van der Waals surface area contributed by atoms with Crippen LogP contribution in [0, 0.1) is 11.8 Å². The summed E-state index contributed by atoms with van der Waals surface area (Å²) in [7, 11) is 0. The van der Waals surface area contributed by atoms with Gasteiger partial charge in [0.1, 0.15) is 6.29 Å². The first kappa shape index (κ1) is 10.0. The number of hydrogen-bond acceptors (Lipinski definition) is 2. The fourth-order valence-corrected chi connectivity index (χ4v) is 2.79. The quantitative estimate of drug-likeness (QED) is 0.716. The number of carbonyl (C=O) groups is 1. The normalized spacial score (nSPS) is 27.8.